The number of esters is 1. The number of carboxylic acid groups (broad SMARTS) is 2. The first-order valence-electron chi connectivity index (χ1n) is 14.9. The lowest BCUT2D eigenvalue weighted by molar-refractivity contribution is -0.384. The van der Waals surface area contributed by atoms with Crippen LogP contribution in [0.25, 0.3) is 0 Å². The highest BCUT2D eigenvalue weighted by Crippen LogP contribution is 2.50. The van der Waals surface area contributed by atoms with Crippen LogP contribution in [0.15, 0.2) is 90.9 Å². The minimum atomic E-state index is -1.84. The van der Waals surface area contributed by atoms with Crippen LogP contribution in [-0.2, 0) is 25.5 Å². The zero-order valence-corrected chi connectivity index (χ0v) is 25.7. The van der Waals surface area contributed by atoms with Gasteiger partial charge in [-0.05, 0) is 30.5 Å². The second-order valence-electron chi connectivity index (χ2n) is 11.5. The molecule has 2 aromatic heterocycles. The third kappa shape index (κ3) is 6.76. The van der Waals surface area contributed by atoms with Gasteiger partial charge in [-0.3, -0.25) is 19.7 Å². The van der Waals surface area contributed by atoms with Crippen molar-refractivity contribution in [3.63, 3.8) is 0 Å². The number of allylic oxidation sites excluding steroid dienone is 1. The molecule has 4 atom stereocenters. The highest BCUT2D eigenvalue weighted by atomic mass is 16.6. The average Bonchev–Trinajstić information content (AvgIpc) is 3.76. The van der Waals surface area contributed by atoms with Crippen molar-refractivity contribution in [2.45, 2.75) is 51.1 Å². The standard InChI is InChI=1S/C33H34N6O8/c1-20-29(31(41)42)30(24-4-3-5-25(17-24)39(45)46)33(32(43)44,21(2)37-20)10-15-47-28(40)18-26(38-14-13-34-19-38)23-8-6-22(7-9-23)16-27-35-11-12-36-27/h3-9,11-14,17,19,21,26,30,37H,10,15-16,18H2,1-2H3,(H,35,36)(H,41,42)(H,43,44). The number of nitrogens with zero attached hydrogens (tertiary/aromatic N) is 4. The summed E-state index contributed by atoms with van der Waals surface area (Å²) in [5, 5.41) is 35.4. The van der Waals surface area contributed by atoms with Crippen LogP contribution in [0, 0.1) is 15.5 Å². The van der Waals surface area contributed by atoms with E-state index < -0.39 is 46.2 Å². The Labute approximate surface area is 269 Å². The molecule has 244 valence electrons. The number of aromatic nitrogens is 4. The molecule has 4 unspecified atom stereocenters. The molecule has 1 aliphatic rings. The maximum atomic E-state index is 13.3. The van der Waals surface area contributed by atoms with Crippen molar-refractivity contribution >= 4 is 23.6 Å². The van der Waals surface area contributed by atoms with Crippen LogP contribution in [0.1, 0.15) is 61.2 Å². The number of nitro benzene ring substituents is 1. The Hall–Kier alpha value is -5.79. The fourth-order valence-electron chi connectivity index (χ4n) is 6.44. The van der Waals surface area contributed by atoms with Crippen molar-refractivity contribution in [1.29, 1.82) is 0 Å². The van der Waals surface area contributed by atoms with E-state index in [1.807, 2.05) is 24.3 Å². The second-order valence-corrected chi connectivity index (χ2v) is 11.5. The zero-order chi connectivity index (χ0) is 33.7. The molecule has 2 aromatic carbocycles. The summed E-state index contributed by atoms with van der Waals surface area (Å²) in [7, 11) is 0. The normalized spacial score (nSPS) is 19.9. The number of hydrogen-bond acceptors (Lipinski definition) is 9. The number of benzene rings is 2. The summed E-state index contributed by atoms with van der Waals surface area (Å²) in [4.78, 5) is 61.3. The fourth-order valence-corrected chi connectivity index (χ4v) is 6.44. The van der Waals surface area contributed by atoms with Crippen LogP contribution in [0.2, 0.25) is 0 Å². The van der Waals surface area contributed by atoms with E-state index in [1.165, 1.54) is 31.2 Å². The number of carboxylic acids is 2. The molecule has 0 saturated heterocycles. The SMILES string of the molecule is CC1=C(C(=O)O)C(c2cccc([N+](=O)[O-])c2)C(CCOC(=O)CC(c2ccc(Cc3ncc[nH]3)cc2)n2ccnc2)(C(=O)O)C(C)N1. The van der Waals surface area contributed by atoms with Crippen molar-refractivity contribution in [2.75, 3.05) is 6.61 Å². The number of carbonyl (C=O) groups is 3. The molecule has 0 bridgehead atoms. The molecule has 14 nitrogen and oxygen atoms in total. The first-order valence-corrected chi connectivity index (χ1v) is 14.9. The summed E-state index contributed by atoms with van der Waals surface area (Å²) in [6.07, 6.45) is 8.62. The molecule has 14 heteroatoms. The van der Waals surface area contributed by atoms with Crippen molar-refractivity contribution < 1.29 is 34.3 Å². The smallest absolute Gasteiger partial charge is 0.333 e. The predicted molar refractivity (Wildman–Crippen MR) is 167 cm³/mol. The molecule has 0 aliphatic carbocycles. The van der Waals surface area contributed by atoms with Crippen molar-refractivity contribution in [3.05, 3.63) is 124 Å². The van der Waals surface area contributed by atoms with E-state index in [-0.39, 0.29) is 42.0 Å². The fraction of sp³-hybridized carbons (Fsp3) is 0.303. The van der Waals surface area contributed by atoms with Crippen molar-refractivity contribution in [3.8, 4) is 0 Å². The molecule has 5 rings (SSSR count). The van der Waals surface area contributed by atoms with Crippen LogP contribution in [0.5, 0.6) is 0 Å². The molecule has 4 aromatic rings. The number of nitrogens with one attached hydrogen (secondary N) is 2. The summed E-state index contributed by atoms with van der Waals surface area (Å²) in [6, 6.07) is 11.7. The Morgan fingerprint density at radius 3 is 2.53 bits per heavy atom. The molecule has 1 aliphatic heterocycles. The lowest BCUT2D eigenvalue weighted by Gasteiger charge is -2.46. The molecule has 0 spiro atoms. The first-order chi connectivity index (χ1) is 22.5. The minimum absolute atomic E-state index is 0.0878. The van der Waals surface area contributed by atoms with Crippen molar-refractivity contribution in [1.82, 2.24) is 24.8 Å². The van der Waals surface area contributed by atoms with E-state index >= 15 is 0 Å². The third-order valence-electron chi connectivity index (χ3n) is 8.77. The van der Waals surface area contributed by atoms with Gasteiger partial charge in [-0.1, -0.05) is 36.4 Å². The van der Waals surface area contributed by atoms with Crippen molar-refractivity contribution in [2.24, 2.45) is 5.41 Å². The number of hydrogen-bond donors (Lipinski definition) is 4. The van der Waals surface area contributed by atoms with Gasteiger partial charge in [0.2, 0.25) is 0 Å². The van der Waals surface area contributed by atoms with E-state index in [0.717, 1.165) is 17.0 Å². The number of H-pyrrole nitrogens is 1. The van der Waals surface area contributed by atoms with E-state index in [9.17, 15) is 34.7 Å². The Kier molecular flexibility index (Phi) is 9.49. The maximum Gasteiger partial charge on any atom is 0.333 e. The Morgan fingerprint density at radius 1 is 1.15 bits per heavy atom. The number of aliphatic carboxylic acids is 2. The molecular formula is C33H34N6O8. The van der Waals surface area contributed by atoms with Gasteiger partial charge in [0, 0.05) is 67.4 Å². The van der Waals surface area contributed by atoms with Gasteiger partial charge in [0.25, 0.3) is 5.69 Å². The van der Waals surface area contributed by atoms with E-state index in [0.29, 0.717) is 6.42 Å². The van der Waals surface area contributed by atoms with E-state index in [2.05, 4.69) is 20.3 Å². The number of nitro groups is 1. The largest absolute Gasteiger partial charge is 0.481 e. The number of rotatable bonds is 13. The summed E-state index contributed by atoms with van der Waals surface area (Å²) >= 11 is 0. The third-order valence-corrected chi connectivity index (χ3v) is 8.77. The van der Waals surface area contributed by atoms with E-state index in [1.54, 1.807) is 42.6 Å². The van der Waals surface area contributed by atoms with Gasteiger partial charge in [0.05, 0.1) is 35.9 Å². The highest BCUT2D eigenvalue weighted by molar-refractivity contribution is 5.93. The number of imidazole rings is 2. The van der Waals surface area contributed by atoms with Gasteiger partial charge in [0.15, 0.2) is 0 Å². The van der Waals surface area contributed by atoms with Gasteiger partial charge >= 0.3 is 17.9 Å². The van der Waals surface area contributed by atoms with Crippen LogP contribution in [0.4, 0.5) is 5.69 Å². The molecule has 0 amide bonds. The van der Waals surface area contributed by atoms with Gasteiger partial charge < -0.3 is 29.8 Å². The Balaban J connectivity index is 1.38. The lowest BCUT2D eigenvalue weighted by atomic mass is 9.60. The highest BCUT2D eigenvalue weighted by Gasteiger charge is 2.56. The monoisotopic (exact) mass is 642 g/mol. The van der Waals surface area contributed by atoms with E-state index in [4.69, 9.17) is 4.74 Å². The topological polar surface area (TPSA) is 203 Å². The first kappa shape index (κ1) is 32.6. The molecule has 4 N–H and O–H groups in total. The lowest BCUT2D eigenvalue weighted by Crippen LogP contribution is -2.57. The summed E-state index contributed by atoms with van der Waals surface area (Å²) in [5.74, 6) is -3.76. The maximum absolute atomic E-state index is 13.3. The van der Waals surface area contributed by atoms with Gasteiger partial charge in [-0.15, -0.1) is 0 Å². The Morgan fingerprint density at radius 2 is 1.91 bits per heavy atom. The molecule has 0 radical (unpaired) electrons. The van der Waals surface area contributed by atoms with Gasteiger partial charge in [0.1, 0.15) is 11.2 Å². The summed E-state index contributed by atoms with van der Waals surface area (Å²) in [5.41, 5.74) is -0.117. The van der Waals surface area contributed by atoms with Gasteiger partial charge in [-0.2, -0.15) is 0 Å². The Bertz CT molecular complexity index is 1790. The quantitative estimate of drug-likeness (QED) is 0.0923. The van der Waals surface area contributed by atoms with Crippen LogP contribution in [0.3, 0.4) is 0 Å². The summed E-state index contributed by atoms with van der Waals surface area (Å²) < 4.78 is 7.41. The molecule has 3 heterocycles. The molecule has 0 saturated carbocycles. The van der Waals surface area contributed by atoms with Crippen LogP contribution < -0.4 is 5.32 Å². The minimum Gasteiger partial charge on any atom is -0.481 e. The molecular weight excluding hydrogens is 608 g/mol. The second kappa shape index (κ2) is 13.7. The number of ether oxygens (including phenoxy) is 1. The zero-order valence-electron chi connectivity index (χ0n) is 25.7. The van der Waals surface area contributed by atoms with Gasteiger partial charge in [-0.25, -0.2) is 14.8 Å². The van der Waals surface area contributed by atoms with Crippen LogP contribution >= 0.6 is 0 Å². The number of aromatic amines is 1. The average molecular weight is 643 g/mol. The number of carbonyl (C=O) groups excluding carboxylic acids is 1. The van der Waals surface area contributed by atoms with Crippen LogP contribution in [-0.4, -0.2) is 65.2 Å². The molecule has 0 fully saturated rings. The summed E-state index contributed by atoms with van der Waals surface area (Å²) in [6.45, 7) is 2.79. The molecule has 47 heavy (non-hydrogen) atoms. The number of non-ortho nitro benzene ring substituents is 1. The predicted octanol–water partition coefficient (Wildman–Crippen LogP) is 4.22.